The molecule has 0 saturated carbocycles. The molecule has 0 radical (unpaired) electrons. The molecule has 1 heteroatoms. The molecule has 0 unspecified atom stereocenters. The van der Waals surface area contributed by atoms with E-state index < -0.39 is 0 Å². The Morgan fingerprint density at radius 3 is 2.00 bits per heavy atom. The minimum atomic E-state index is 0.418. The Balaban J connectivity index is 1.83. The SMILES string of the molecule is Oc1cccc(CC2C=CC=C2)c1CC1C=CC=C1. The third-order valence-corrected chi connectivity index (χ3v) is 3.80. The maximum Gasteiger partial charge on any atom is 0.119 e. The molecule has 0 aromatic heterocycles. The van der Waals surface area contributed by atoms with Crippen molar-refractivity contribution in [2.24, 2.45) is 11.8 Å². The molecule has 3 rings (SSSR count). The lowest BCUT2D eigenvalue weighted by Crippen LogP contribution is -2.04. The lowest BCUT2D eigenvalue weighted by molar-refractivity contribution is 0.464. The van der Waals surface area contributed by atoms with E-state index in [1.807, 2.05) is 6.07 Å². The monoisotopic (exact) mass is 250 g/mol. The average Bonchev–Trinajstić information content (AvgIpc) is 3.07. The van der Waals surface area contributed by atoms with Crippen LogP contribution >= 0.6 is 0 Å². The lowest BCUT2D eigenvalue weighted by Gasteiger charge is -2.15. The van der Waals surface area contributed by atoms with Crippen LogP contribution in [0.1, 0.15) is 11.1 Å². The molecule has 1 aromatic carbocycles. The molecule has 0 fully saturated rings. The van der Waals surface area contributed by atoms with Crippen molar-refractivity contribution < 1.29 is 5.11 Å². The van der Waals surface area contributed by atoms with Crippen LogP contribution in [0.2, 0.25) is 0 Å². The zero-order valence-corrected chi connectivity index (χ0v) is 10.9. The van der Waals surface area contributed by atoms with Gasteiger partial charge in [0.05, 0.1) is 0 Å². The van der Waals surface area contributed by atoms with Gasteiger partial charge in [0.1, 0.15) is 5.75 Å². The largest absolute Gasteiger partial charge is 0.508 e. The summed E-state index contributed by atoms with van der Waals surface area (Å²) in [5.41, 5.74) is 2.35. The third-order valence-electron chi connectivity index (χ3n) is 3.80. The number of rotatable bonds is 4. The molecular formula is C18H18O. The van der Waals surface area contributed by atoms with Gasteiger partial charge in [0.25, 0.3) is 0 Å². The van der Waals surface area contributed by atoms with Gasteiger partial charge in [-0.3, -0.25) is 0 Å². The summed E-state index contributed by atoms with van der Waals surface area (Å²) in [6, 6.07) is 5.87. The van der Waals surface area contributed by atoms with Crippen LogP contribution in [0.3, 0.4) is 0 Å². The summed E-state index contributed by atoms with van der Waals surface area (Å²) in [4.78, 5) is 0. The Morgan fingerprint density at radius 1 is 0.789 bits per heavy atom. The average molecular weight is 250 g/mol. The van der Waals surface area contributed by atoms with Gasteiger partial charge in [0, 0.05) is 0 Å². The van der Waals surface area contributed by atoms with E-state index in [0.717, 1.165) is 18.4 Å². The molecule has 0 atom stereocenters. The molecule has 1 nitrogen and oxygen atoms in total. The Kier molecular flexibility index (Phi) is 3.37. The summed E-state index contributed by atoms with van der Waals surface area (Å²) in [5.74, 6) is 1.31. The number of phenolic OH excluding ortho intramolecular Hbond substituents is 1. The van der Waals surface area contributed by atoms with E-state index in [0.29, 0.717) is 17.6 Å². The second-order valence-corrected chi connectivity index (χ2v) is 5.19. The number of hydrogen-bond donors (Lipinski definition) is 1. The Labute approximate surface area is 114 Å². The van der Waals surface area contributed by atoms with Crippen molar-refractivity contribution >= 4 is 0 Å². The molecule has 0 bridgehead atoms. The predicted molar refractivity (Wildman–Crippen MR) is 79.1 cm³/mol. The second kappa shape index (κ2) is 5.31. The second-order valence-electron chi connectivity index (χ2n) is 5.19. The van der Waals surface area contributed by atoms with Crippen LogP contribution in [0.15, 0.2) is 66.8 Å². The number of aromatic hydroxyl groups is 1. The maximum absolute atomic E-state index is 10.1. The fourth-order valence-corrected chi connectivity index (χ4v) is 2.77. The van der Waals surface area contributed by atoms with E-state index in [1.165, 1.54) is 5.56 Å². The van der Waals surface area contributed by atoms with E-state index in [2.05, 4.69) is 54.7 Å². The van der Waals surface area contributed by atoms with Crippen LogP contribution in [0.4, 0.5) is 0 Å². The summed E-state index contributed by atoms with van der Waals surface area (Å²) in [5, 5.41) is 10.1. The normalized spacial score (nSPS) is 17.9. The number of hydrogen-bond acceptors (Lipinski definition) is 1. The number of allylic oxidation sites excluding steroid dienone is 8. The van der Waals surface area contributed by atoms with Gasteiger partial charge in [-0.15, -0.1) is 0 Å². The van der Waals surface area contributed by atoms with E-state index in [1.54, 1.807) is 6.07 Å². The molecule has 2 aliphatic carbocycles. The minimum absolute atomic E-state index is 0.418. The predicted octanol–water partition coefficient (Wildman–Crippen LogP) is 3.96. The quantitative estimate of drug-likeness (QED) is 0.857. The fraction of sp³-hybridized carbons (Fsp3) is 0.222. The molecule has 1 N–H and O–H groups in total. The molecule has 0 heterocycles. The van der Waals surface area contributed by atoms with Crippen LogP contribution in [-0.4, -0.2) is 5.11 Å². The van der Waals surface area contributed by atoms with Gasteiger partial charge in [-0.05, 0) is 41.9 Å². The van der Waals surface area contributed by atoms with E-state index in [9.17, 15) is 5.11 Å². The lowest BCUT2D eigenvalue weighted by atomic mass is 9.91. The third kappa shape index (κ3) is 2.70. The molecule has 96 valence electrons. The first-order chi connectivity index (χ1) is 9.33. The highest BCUT2D eigenvalue weighted by atomic mass is 16.3. The van der Waals surface area contributed by atoms with Crippen LogP contribution < -0.4 is 0 Å². The highest BCUT2D eigenvalue weighted by molar-refractivity contribution is 5.42. The first kappa shape index (κ1) is 12.0. The van der Waals surface area contributed by atoms with Gasteiger partial charge >= 0.3 is 0 Å². The molecule has 19 heavy (non-hydrogen) atoms. The zero-order chi connectivity index (χ0) is 13.1. The van der Waals surface area contributed by atoms with Gasteiger partial charge in [-0.1, -0.05) is 60.7 Å². The molecule has 0 saturated heterocycles. The van der Waals surface area contributed by atoms with Crippen molar-refractivity contribution in [3.8, 4) is 5.75 Å². The van der Waals surface area contributed by atoms with Gasteiger partial charge < -0.3 is 5.11 Å². The smallest absolute Gasteiger partial charge is 0.119 e. The molecule has 0 aliphatic heterocycles. The highest BCUT2D eigenvalue weighted by Gasteiger charge is 2.15. The van der Waals surface area contributed by atoms with Crippen molar-refractivity contribution in [3.05, 3.63) is 77.9 Å². The molecule has 1 aromatic rings. The summed E-state index contributed by atoms with van der Waals surface area (Å²) in [6.45, 7) is 0. The van der Waals surface area contributed by atoms with Crippen LogP contribution in [0.5, 0.6) is 5.75 Å². The molecular weight excluding hydrogens is 232 g/mol. The van der Waals surface area contributed by atoms with Crippen LogP contribution in [0, 0.1) is 11.8 Å². The van der Waals surface area contributed by atoms with Crippen molar-refractivity contribution in [3.63, 3.8) is 0 Å². The molecule has 2 aliphatic rings. The molecule has 0 spiro atoms. The standard InChI is InChI=1S/C18H18O/c19-18-11-5-10-16(12-14-6-1-2-7-14)17(18)13-15-8-3-4-9-15/h1-11,14-15,19H,12-13H2. The Hall–Kier alpha value is -2.02. The first-order valence-corrected chi connectivity index (χ1v) is 6.82. The number of phenols is 1. The number of benzene rings is 1. The summed E-state index contributed by atoms with van der Waals surface area (Å²) in [7, 11) is 0. The summed E-state index contributed by atoms with van der Waals surface area (Å²) < 4.78 is 0. The van der Waals surface area contributed by atoms with Gasteiger partial charge in [-0.2, -0.15) is 0 Å². The van der Waals surface area contributed by atoms with Crippen molar-refractivity contribution in [1.82, 2.24) is 0 Å². The van der Waals surface area contributed by atoms with Gasteiger partial charge in [0.15, 0.2) is 0 Å². The van der Waals surface area contributed by atoms with Gasteiger partial charge in [0.2, 0.25) is 0 Å². The maximum atomic E-state index is 10.1. The summed E-state index contributed by atoms with van der Waals surface area (Å²) in [6.07, 6.45) is 19.0. The van der Waals surface area contributed by atoms with Crippen LogP contribution in [-0.2, 0) is 12.8 Å². The Morgan fingerprint density at radius 2 is 1.37 bits per heavy atom. The topological polar surface area (TPSA) is 20.2 Å². The first-order valence-electron chi connectivity index (χ1n) is 6.82. The fourth-order valence-electron chi connectivity index (χ4n) is 2.77. The Bertz CT molecular complexity index is 551. The zero-order valence-electron chi connectivity index (χ0n) is 10.9. The van der Waals surface area contributed by atoms with Crippen LogP contribution in [0.25, 0.3) is 0 Å². The van der Waals surface area contributed by atoms with E-state index in [4.69, 9.17) is 0 Å². The van der Waals surface area contributed by atoms with Crippen molar-refractivity contribution in [2.75, 3.05) is 0 Å². The van der Waals surface area contributed by atoms with Gasteiger partial charge in [-0.25, -0.2) is 0 Å². The minimum Gasteiger partial charge on any atom is -0.508 e. The van der Waals surface area contributed by atoms with Crippen molar-refractivity contribution in [1.29, 1.82) is 0 Å². The summed E-state index contributed by atoms with van der Waals surface area (Å²) >= 11 is 0. The van der Waals surface area contributed by atoms with E-state index >= 15 is 0 Å². The highest BCUT2D eigenvalue weighted by Crippen LogP contribution is 2.29. The van der Waals surface area contributed by atoms with Crippen molar-refractivity contribution in [2.45, 2.75) is 12.8 Å². The molecule has 0 amide bonds. The van der Waals surface area contributed by atoms with E-state index in [-0.39, 0.29) is 0 Å².